The van der Waals surface area contributed by atoms with E-state index >= 15 is 0 Å². The standard InChI is InChI=1S/C17H25N3/c1-5-16(6-2-14(1)13-18-15-3-4-15)19-9-11-20(12-10-19)17-7-8-17/h1-2,5-6,15,17-18H,3-4,7-13H2. The van der Waals surface area contributed by atoms with E-state index in [-0.39, 0.29) is 0 Å². The van der Waals surface area contributed by atoms with Gasteiger partial charge in [0.15, 0.2) is 0 Å². The highest BCUT2D eigenvalue weighted by molar-refractivity contribution is 5.48. The van der Waals surface area contributed by atoms with Gasteiger partial charge in [0.1, 0.15) is 0 Å². The fourth-order valence-corrected chi connectivity index (χ4v) is 3.16. The molecule has 0 unspecified atom stereocenters. The summed E-state index contributed by atoms with van der Waals surface area (Å²) >= 11 is 0. The minimum Gasteiger partial charge on any atom is -0.369 e. The average Bonchev–Trinajstić information content (AvgIpc) is 3.40. The third-order valence-corrected chi connectivity index (χ3v) is 4.85. The van der Waals surface area contributed by atoms with E-state index in [1.165, 1.54) is 63.1 Å². The van der Waals surface area contributed by atoms with E-state index in [2.05, 4.69) is 39.4 Å². The lowest BCUT2D eigenvalue weighted by Gasteiger charge is -2.36. The van der Waals surface area contributed by atoms with Crippen LogP contribution in [-0.2, 0) is 6.54 Å². The third-order valence-electron chi connectivity index (χ3n) is 4.85. The number of benzene rings is 1. The minimum atomic E-state index is 0.796. The fraction of sp³-hybridized carbons (Fsp3) is 0.647. The van der Waals surface area contributed by atoms with Gasteiger partial charge in [-0.25, -0.2) is 0 Å². The van der Waals surface area contributed by atoms with Gasteiger partial charge in [-0.2, -0.15) is 0 Å². The molecule has 0 amide bonds. The Kier molecular flexibility index (Phi) is 3.41. The number of piperazine rings is 1. The number of hydrogen-bond acceptors (Lipinski definition) is 3. The molecule has 0 spiro atoms. The van der Waals surface area contributed by atoms with Gasteiger partial charge in [-0.15, -0.1) is 0 Å². The van der Waals surface area contributed by atoms with Gasteiger partial charge in [0.25, 0.3) is 0 Å². The highest BCUT2D eigenvalue weighted by Gasteiger charge is 2.31. The Balaban J connectivity index is 1.31. The van der Waals surface area contributed by atoms with Gasteiger partial charge in [0, 0.05) is 50.5 Å². The topological polar surface area (TPSA) is 18.5 Å². The zero-order valence-electron chi connectivity index (χ0n) is 12.2. The van der Waals surface area contributed by atoms with Crippen LogP contribution in [0, 0.1) is 0 Å². The Morgan fingerprint density at radius 3 is 2.20 bits per heavy atom. The number of anilines is 1. The molecular formula is C17H25N3. The van der Waals surface area contributed by atoms with E-state index in [1.54, 1.807) is 0 Å². The van der Waals surface area contributed by atoms with Crippen molar-refractivity contribution in [2.24, 2.45) is 0 Å². The second-order valence-corrected chi connectivity index (χ2v) is 6.58. The molecule has 0 radical (unpaired) electrons. The van der Waals surface area contributed by atoms with Crippen LogP contribution >= 0.6 is 0 Å². The van der Waals surface area contributed by atoms with Crippen molar-refractivity contribution >= 4 is 5.69 Å². The SMILES string of the molecule is c1cc(N2CCN(C3CC3)CC2)ccc1CNC1CC1. The average molecular weight is 271 g/mol. The van der Waals surface area contributed by atoms with Gasteiger partial charge >= 0.3 is 0 Å². The monoisotopic (exact) mass is 271 g/mol. The van der Waals surface area contributed by atoms with Crippen LogP contribution in [0.3, 0.4) is 0 Å². The molecule has 0 bridgehead atoms. The van der Waals surface area contributed by atoms with E-state index in [0.717, 1.165) is 18.6 Å². The van der Waals surface area contributed by atoms with E-state index in [1.807, 2.05) is 0 Å². The van der Waals surface area contributed by atoms with Crippen LogP contribution in [0.5, 0.6) is 0 Å². The second kappa shape index (κ2) is 5.38. The molecule has 1 N–H and O–H groups in total. The number of nitrogens with zero attached hydrogens (tertiary/aromatic N) is 2. The molecule has 0 atom stereocenters. The number of hydrogen-bond donors (Lipinski definition) is 1. The summed E-state index contributed by atoms with van der Waals surface area (Å²) in [6.07, 6.45) is 5.60. The summed E-state index contributed by atoms with van der Waals surface area (Å²) in [5.74, 6) is 0. The summed E-state index contributed by atoms with van der Waals surface area (Å²) in [6.45, 7) is 5.90. The Labute approximate surface area is 121 Å². The van der Waals surface area contributed by atoms with E-state index in [4.69, 9.17) is 0 Å². The Bertz CT molecular complexity index is 440. The molecule has 2 saturated carbocycles. The first kappa shape index (κ1) is 12.7. The molecule has 3 fully saturated rings. The van der Waals surface area contributed by atoms with Gasteiger partial charge in [-0.1, -0.05) is 12.1 Å². The van der Waals surface area contributed by atoms with Crippen molar-refractivity contribution in [1.29, 1.82) is 0 Å². The van der Waals surface area contributed by atoms with Crippen molar-refractivity contribution in [2.75, 3.05) is 31.1 Å². The molecular weight excluding hydrogens is 246 g/mol. The van der Waals surface area contributed by atoms with Crippen molar-refractivity contribution in [3.63, 3.8) is 0 Å². The maximum atomic E-state index is 3.58. The summed E-state index contributed by atoms with van der Waals surface area (Å²) in [5.41, 5.74) is 2.81. The van der Waals surface area contributed by atoms with Crippen LogP contribution in [0.2, 0.25) is 0 Å². The second-order valence-electron chi connectivity index (χ2n) is 6.58. The molecule has 1 aromatic rings. The quantitative estimate of drug-likeness (QED) is 0.886. The first-order valence-corrected chi connectivity index (χ1v) is 8.20. The molecule has 108 valence electrons. The lowest BCUT2D eigenvalue weighted by atomic mass is 10.1. The first-order chi connectivity index (χ1) is 9.88. The molecule has 3 heteroatoms. The third kappa shape index (κ3) is 2.99. The normalized spacial score (nSPS) is 24.1. The van der Waals surface area contributed by atoms with Crippen molar-refractivity contribution in [2.45, 2.75) is 44.3 Å². The van der Waals surface area contributed by atoms with Crippen LogP contribution in [0.4, 0.5) is 5.69 Å². The molecule has 1 aromatic carbocycles. The summed E-state index contributed by atoms with van der Waals surface area (Å²) in [7, 11) is 0. The van der Waals surface area contributed by atoms with Crippen LogP contribution in [0.1, 0.15) is 31.2 Å². The molecule has 4 rings (SSSR count). The Morgan fingerprint density at radius 2 is 1.60 bits per heavy atom. The van der Waals surface area contributed by atoms with Crippen LogP contribution in [0.25, 0.3) is 0 Å². The summed E-state index contributed by atoms with van der Waals surface area (Å²) in [6, 6.07) is 10.9. The smallest absolute Gasteiger partial charge is 0.0367 e. The maximum Gasteiger partial charge on any atom is 0.0367 e. The molecule has 1 aliphatic heterocycles. The largest absolute Gasteiger partial charge is 0.369 e. The Hall–Kier alpha value is -1.06. The summed E-state index contributed by atoms with van der Waals surface area (Å²) < 4.78 is 0. The lowest BCUT2D eigenvalue weighted by Crippen LogP contribution is -2.47. The highest BCUT2D eigenvalue weighted by atomic mass is 15.3. The van der Waals surface area contributed by atoms with Crippen LogP contribution < -0.4 is 10.2 Å². The van der Waals surface area contributed by atoms with Crippen molar-refractivity contribution in [3.05, 3.63) is 29.8 Å². The first-order valence-electron chi connectivity index (χ1n) is 8.20. The lowest BCUT2D eigenvalue weighted by molar-refractivity contribution is 0.248. The van der Waals surface area contributed by atoms with Gasteiger partial charge in [0.05, 0.1) is 0 Å². The summed E-state index contributed by atoms with van der Waals surface area (Å²) in [4.78, 5) is 5.21. The molecule has 3 aliphatic rings. The fourth-order valence-electron chi connectivity index (χ4n) is 3.16. The van der Waals surface area contributed by atoms with Gasteiger partial charge in [-0.05, 0) is 43.4 Å². The molecule has 0 aromatic heterocycles. The molecule has 1 heterocycles. The molecule has 2 aliphatic carbocycles. The van der Waals surface area contributed by atoms with Crippen molar-refractivity contribution in [3.8, 4) is 0 Å². The molecule has 1 saturated heterocycles. The Morgan fingerprint density at radius 1 is 0.900 bits per heavy atom. The predicted octanol–water partition coefficient (Wildman–Crippen LogP) is 2.22. The van der Waals surface area contributed by atoms with Gasteiger partial charge in [-0.3, -0.25) is 4.90 Å². The summed E-state index contributed by atoms with van der Waals surface area (Å²) in [5, 5.41) is 3.58. The zero-order valence-corrected chi connectivity index (χ0v) is 12.2. The van der Waals surface area contributed by atoms with Crippen molar-refractivity contribution < 1.29 is 0 Å². The maximum absolute atomic E-state index is 3.58. The molecule has 20 heavy (non-hydrogen) atoms. The van der Waals surface area contributed by atoms with E-state index in [0.29, 0.717) is 0 Å². The van der Waals surface area contributed by atoms with Crippen molar-refractivity contribution in [1.82, 2.24) is 10.2 Å². The van der Waals surface area contributed by atoms with Gasteiger partial charge < -0.3 is 10.2 Å². The van der Waals surface area contributed by atoms with Crippen LogP contribution in [0.15, 0.2) is 24.3 Å². The minimum absolute atomic E-state index is 0.796. The highest BCUT2D eigenvalue weighted by Crippen LogP contribution is 2.28. The van der Waals surface area contributed by atoms with Gasteiger partial charge in [0.2, 0.25) is 0 Å². The predicted molar refractivity (Wildman–Crippen MR) is 83.1 cm³/mol. The molecule has 3 nitrogen and oxygen atoms in total. The van der Waals surface area contributed by atoms with E-state index < -0.39 is 0 Å². The van der Waals surface area contributed by atoms with E-state index in [9.17, 15) is 0 Å². The zero-order chi connectivity index (χ0) is 13.4. The number of nitrogens with one attached hydrogen (secondary N) is 1. The van der Waals surface area contributed by atoms with Crippen LogP contribution in [-0.4, -0.2) is 43.2 Å². The number of rotatable bonds is 5.